The second-order valence-corrected chi connectivity index (χ2v) is 6.21. The molecule has 2 N–H and O–H groups in total. The van der Waals surface area contributed by atoms with Gasteiger partial charge in [-0.3, -0.25) is 14.3 Å². The summed E-state index contributed by atoms with van der Waals surface area (Å²) in [5.41, 5.74) is 0.564. The first kappa shape index (κ1) is 14.8. The van der Waals surface area contributed by atoms with Gasteiger partial charge in [-0.25, -0.2) is 0 Å². The third-order valence-corrected chi connectivity index (χ3v) is 5.01. The summed E-state index contributed by atoms with van der Waals surface area (Å²) in [5.74, 6) is -1.66. The fourth-order valence-corrected chi connectivity index (χ4v) is 2.69. The molecule has 0 amide bonds. The maximum atomic E-state index is 11.8. The van der Waals surface area contributed by atoms with E-state index in [4.69, 9.17) is 0 Å². The van der Waals surface area contributed by atoms with Crippen LogP contribution in [-0.4, -0.2) is 33.0 Å². The standard InChI is InChI=1S/C11H16NO5P/c1-8(9-5-4-6-12-7-9)11(2,10(13)17-3)18(14,15)16/h4-8H,1-3H3,(H2,14,15,16). The number of carbonyl (C=O) groups excluding carboxylic acids is 1. The number of esters is 1. The van der Waals surface area contributed by atoms with Crippen molar-refractivity contribution in [3.05, 3.63) is 30.1 Å². The van der Waals surface area contributed by atoms with Crippen molar-refractivity contribution >= 4 is 13.6 Å². The Bertz CT molecular complexity index is 472. The molecule has 0 saturated heterocycles. The number of carbonyl (C=O) groups is 1. The molecule has 100 valence electrons. The Kier molecular flexibility index (Phi) is 4.27. The summed E-state index contributed by atoms with van der Waals surface area (Å²) in [6, 6.07) is 3.30. The van der Waals surface area contributed by atoms with E-state index in [1.807, 2.05) is 0 Å². The van der Waals surface area contributed by atoms with E-state index in [0.717, 1.165) is 7.11 Å². The van der Waals surface area contributed by atoms with E-state index in [1.165, 1.54) is 13.1 Å². The summed E-state index contributed by atoms with van der Waals surface area (Å²) < 4.78 is 16.2. The number of rotatable bonds is 4. The summed E-state index contributed by atoms with van der Waals surface area (Å²) in [6.45, 7) is 2.77. The third kappa shape index (κ3) is 2.46. The SMILES string of the molecule is COC(=O)C(C)(C(C)c1cccnc1)P(=O)(O)O. The molecule has 1 aromatic heterocycles. The molecule has 18 heavy (non-hydrogen) atoms. The summed E-state index contributed by atoms with van der Waals surface area (Å²) in [7, 11) is -3.58. The fraction of sp³-hybridized carbons (Fsp3) is 0.455. The molecule has 2 unspecified atom stereocenters. The zero-order valence-corrected chi connectivity index (χ0v) is 11.3. The van der Waals surface area contributed by atoms with Crippen molar-refractivity contribution in [2.75, 3.05) is 7.11 Å². The van der Waals surface area contributed by atoms with Crippen LogP contribution >= 0.6 is 7.60 Å². The average Bonchev–Trinajstić information content (AvgIpc) is 2.35. The zero-order chi connectivity index (χ0) is 14.0. The van der Waals surface area contributed by atoms with Crippen molar-refractivity contribution in [3.8, 4) is 0 Å². The van der Waals surface area contributed by atoms with Crippen molar-refractivity contribution in [1.82, 2.24) is 4.98 Å². The van der Waals surface area contributed by atoms with Gasteiger partial charge in [0.2, 0.25) is 0 Å². The Hall–Kier alpha value is -1.23. The Morgan fingerprint density at radius 3 is 2.56 bits per heavy atom. The Balaban J connectivity index is 3.30. The summed E-state index contributed by atoms with van der Waals surface area (Å²) >= 11 is 0. The molecule has 0 saturated carbocycles. The molecule has 6 nitrogen and oxygen atoms in total. The molecule has 0 fully saturated rings. The Labute approximate surface area is 105 Å². The Morgan fingerprint density at radius 2 is 2.17 bits per heavy atom. The predicted octanol–water partition coefficient (Wildman–Crippen LogP) is 1.29. The number of nitrogens with zero attached hydrogens (tertiary/aromatic N) is 1. The smallest absolute Gasteiger partial charge is 0.343 e. The summed E-state index contributed by atoms with van der Waals surface area (Å²) in [5, 5.41) is -1.93. The maximum Gasteiger partial charge on any atom is 0.343 e. The normalized spacial score (nSPS) is 16.7. The second-order valence-electron chi connectivity index (χ2n) is 4.19. The fourth-order valence-electron chi connectivity index (χ4n) is 1.71. The van der Waals surface area contributed by atoms with Crippen molar-refractivity contribution in [2.45, 2.75) is 24.9 Å². The van der Waals surface area contributed by atoms with Crippen LogP contribution in [0.1, 0.15) is 25.3 Å². The van der Waals surface area contributed by atoms with Gasteiger partial charge in [0.1, 0.15) is 0 Å². The molecular weight excluding hydrogens is 257 g/mol. The van der Waals surface area contributed by atoms with Gasteiger partial charge in [-0.05, 0) is 18.6 Å². The van der Waals surface area contributed by atoms with Gasteiger partial charge in [-0.2, -0.15) is 0 Å². The molecule has 0 spiro atoms. The molecule has 1 heterocycles. The first-order chi connectivity index (χ1) is 8.25. The average molecular weight is 273 g/mol. The number of hydrogen-bond acceptors (Lipinski definition) is 4. The van der Waals surface area contributed by atoms with Gasteiger partial charge in [0.05, 0.1) is 7.11 Å². The number of aromatic nitrogens is 1. The van der Waals surface area contributed by atoms with E-state index in [1.54, 1.807) is 25.3 Å². The molecule has 2 atom stereocenters. The third-order valence-electron chi connectivity index (χ3n) is 3.23. The minimum absolute atomic E-state index is 0.564. The van der Waals surface area contributed by atoms with Crippen LogP contribution in [0, 0.1) is 0 Å². The van der Waals surface area contributed by atoms with Gasteiger partial charge in [-0.15, -0.1) is 0 Å². The van der Waals surface area contributed by atoms with E-state index in [0.29, 0.717) is 5.56 Å². The minimum Gasteiger partial charge on any atom is -0.468 e. The molecule has 0 aliphatic heterocycles. The van der Waals surface area contributed by atoms with Crippen LogP contribution < -0.4 is 0 Å². The van der Waals surface area contributed by atoms with Gasteiger partial charge in [0.15, 0.2) is 5.16 Å². The lowest BCUT2D eigenvalue weighted by Gasteiger charge is -2.33. The van der Waals surface area contributed by atoms with Gasteiger partial charge in [-0.1, -0.05) is 13.0 Å². The van der Waals surface area contributed by atoms with Crippen LogP contribution in [0.3, 0.4) is 0 Å². The molecule has 0 radical (unpaired) electrons. The lowest BCUT2D eigenvalue weighted by Crippen LogP contribution is -2.41. The first-order valence-corrected chi connectivity index (χ1v) is 6.90. The topological polar surface area (TPSA) is 96.7 Å². The minimum atomic E-state index is -4.68. The largest absolute Gasteiger partial charge is 0.468 e. The van der Waals surface area contributed by atoms with E-state index in [9.17, 15) is 19.1 Å². The maximum absolute atomic E-state index is 11.8. The van der Waals surface area contributed by atoms with Crippen molar-refractivity contribution in [1.29, 1.82) is 0 Å². The predicted molar refractivity (Wildman–Crippen MR) is 65.1 cm³/mol. The van der Waals surface area contributed by atoms with Crippen LogP contribution in [0.5, 0.6) is 0 Å². The van der Waals surface area contributed by atoms with E-state index >= 15 is 0 Å². The molecule has 7 heteroatoms. The van der Waals surface area contributed by atoms with E-state index in [2.05, 4.69) is 9.72 Å². The lowest BCUT2D eigenvalue weighted by molar-refractivity contribution is -0.144. The van der Waals surface area contributed by atoms with Crippen LogP contribution in [0.2, 0.25) is 0 Å². The Morgan fingerprint density at radius 1 is 1.56 bits per heavy atom. The highest BCUT2D eigenvalue weighted by Gasteiger charge is 2.54. The molecule has 0 aromatic carbocycles. The van der Waals surface area contributed by atoms with Gasteiger partial charge < -0.3 is 14.5 Å². The number of pyridine rings is 1. The van der Waals surface area contributed by atoms with E-state index < -0.39 is 24.6 Å². The number of methoxy groups -OCH3 is 1. The van der Waals surface area contributed by atoms with Crippen LogP contribution in [0.25, 0.3) is 0 Å². The zero-order valence-electron chi connectivity index (χ0n) is 10.4. The molecule has 0 aliphatic carbocycles. The molecule has 1 aromatic rings. The summed E-state index contributed by atoms with van der Waals surface area (Å²) in [6.07, 6.45) is 3.02. The molecular formula is C11H16NO5P. The second kappa shape index (κ2) is 5.18. The first-order valence-electron chi connectivity index (χ1n) is 5.29. The summed E-state index contributed by atoms with van der Waals surface area (Å²) in [4.78, 5) is 34.6. The van der Waals surface area contributed by atoms with Crippen molar-refractivity contribution in [2.24, 2.45) is 0 Å². The highest BCUT2D eigenvalue weighted by molar-refractivity contribution is 7.54. The lowest BCUT2D eigenvalue weighted by atomic mass is 9.89. The van der Waals surface area contributed by atoms with Crippen LogP contribution in [0.4, 0.5) is 0 Å². The highest BCUT2D eigenvalue weighted by Crippen LogP contribution is 2.57. The van der Waals surface area contributed by atoms with Crippen molar-refractivity contribution < 1.29 is 23.9 Å². The molecule has 1 rings (SSSR count). The van der Waals surface area contributed by atoms with Gasteiger partial charge >= 0.3 is 13.6 Å². The van der Waals surface area contributed by atoms with Crippen molar-refractivity contribution in [3.63, 3.8) is 0 Å². The molecule has 0 aliphatic rings. The quantitative estimate of drug-likeness (QED) is 0.634. The van der Waals surface area contributed by atoms with Gasteiger partial charge in [0.25, 0.3) is 0 Å². The highest BCUT2D eigenvalue weighted by atomic mass is 31.2. The number of hydrogen-bond donors (Lipinski definition) is 2. The van der Waals surface area contributed by atoms with E-state index in [-0.39, 0.29) is 0 Å². The number of ether oxygens (including phenoxy) is 1. The van der Waals surface area contributed by atoms with Crippen LogP contribution in [0.15, 0.2) is 24.5 Å². The molecule has 0 bridgehead atoms. The monoisotopic (exact) mass is 273 g/mol. The van der Waals surface area contributed by atoms with Gasteiger partial charge in [0, 0.05) is 18.3 Å². The van der Waals surface area contributed by atoms with Crippen LogP contribution in [-0.2, 0) is 14.1 Å².